The van der Waals surface area contributed by atoms with Crippen LogP contribution in [0.15, 0.2) is 47.3 Å². The van der Waals surface area contributed by atoms with E-state index in [4.69, 9.17) is 9.52 Å². The molecule has 0 saturated carbocycles. The Morgan fingerprint density at radius 2 is 2.06 bits per heavy atom. The van der Waals surface area contributed by atoms with Gasteiger partial charge in [-0.15, -0.1) is 0 Å². The van der Waals surface area contributed by atoms with Gasteiger partial charge in [-0.1, -0.05) is 0 Å². The zero-order valence-corrected chi connectivity index (χ0v) is 16.3. The first kappa shape index (κ1) is 20.6. The molecule has 4 heterocycles. The van der Waals surface area contributed by atoms with Crippen molar-refractivity contribution in [2.75, 3.05) is 0 Å². The van der Waals surface area contributed by atoms with Crippen LogP contribution in [-0.4, -0.2) is 36.7 Å². The van der Waals surface area contributed by atoms with Crippen LogP contribution in [-0.2, 0) is 6.42 Å². The van der Waals surface area contributed by atoms with Gasteiger partial charge in [0.2, 0.25) is 0 Å². The van der Waals surface area contributed by atoms with Gasteiger partial charge in [-0.25, -0.2) is 15.0 Å². The van der Waals surface area contributed by atoms with Crippen LogP contribution in [0.3, 0.4) is 0 Å². The fourth-order valence-electron chi connectivity index (χ4n) is 3.17. The number of aryl methyl sites for hydroxylation is 2. The maximum Gasteiger partial charge on any atom is 0.414 e. The molecule has 4 aromatic heterocycles. The number of hydrogen-bond acceptors (Lipinski definition) is 6. The number of hydrogen-bond donors (Lipinski definition) is 1. The summed E-state index contributed by atoms with van der Waals surface area (Å²) >= 11 is 0. The zero-order valence-electron chi connectivity index (χ0n) is 16.3. The summed E-state index contributed by atoms with van der Waals surface area (Å²) in [5.41, 5.74) is 3.42. The largest absolute Gasteiger partial charge is 0.441 e. The fraction of sp³-hybridized carbons (Fsp3) is 0.238. The molecule has 10 heteroatoms. The molecule has 0 radical (unpaired) electrons. The summed E-state index contributed by atoms with van der Waals surface area (Å²) in [5.74, 6) is 0.357. The van der Waals surface area contributed by atoms with Gasteiger partial charge in [-0.2, -0.15) is 18.4 Å². The number of rotatable bonds is 5. The summed E-state index contributed by atoms with van der Waals surface area (Å²) in [6, 6.07) is 8.80. The summed E-state index contributed by atoms with van der Waals surface area (Å²) in [5, 5.41) is 18.4. The average molecular weight is 427 g/mol. The van der Waals surface area contributed by atoms with Crippen molar-refractivity contribution in [3.63, 3.8) is 0 Å². The van der Waals surface area contributed by atoms with E-state index in [1.807, 2.05) is 41.9 Å². The topological polar surface area (TPSA) is 100 Å². The van der Waals surface area contributed by atoms with Crippen LogP contribution >= 0.6 is 0 Å². The molecule has 0 spiro atoms. The van der Waals surface area contributed by atoms with Crippen molar-refractivity contribution in [1.82, 2.24) is 19.4 Å². The van der Waals surface area contributed by atoms with Crippen LogP contribution in [0, 0.1) is 18.3 Å². The number of alkyl halides is 3. The number of nitrogens with zero attached hydrogens (tertiary/aromatic N) is 5. The molecule has 4 aromatic rings. The second kappa shape index (κ2) is 7.85. The lowest BCUT2D eigenvalue weighted by atomic mass is 10.0. The number of imidazole rings is 1. The molecule has 0 aliphatic heterocycles. The highest BCUT2D eigenvalue weighted by atomic mass is 19.4. The standard InChI is InChI=1S/C21H16F3N5O2/c1-12-11-29-7-6-13(8-18(29)27-12)20-15(3-2-14(9-25)28-20)16-10-26-19(31-16)5-4-17(30)21(22,23)24/h2-3,6-8,10-11,17,30H,4-5H2,1H3. The second-order valence-corrected chi connectivity index (χ2v) is 6.98. The SMILES string of the molecule is Cc1cn2ccc(-c3nc(C#N)ccc3-c3cnc(CCC(O)C(F)(F)F)o3)cc2n1. The van der Waals surface area contributed by atoms with Crippen molar-refractivity contribution in [1.29, 1.82) is 5.26 Å². The quantitative estimate of drug-likeness (QED) is 0.515. The van der Waals surface area contributed by atoms with Crippen molar-refractivity contribution in [3.8, 4) is 28.7 Å². The Kier molecular flexibility index (Phi) is 5.20. The van der Waals surface area contributed by atoms with Gasteiger partial charge in [0, 0.05) is 29.9 Å². The summed E-state index contributed by atoms with van der Waals surface area (Å²) < 4.78 is 45.0. The Morgan fingerprint density at radius 3 is 2.81 bits per heavy atom. The average Bonchev–Trinajstić information content (AvgIpc) is 3.35. The minimum absolute atomic E-state index is 0.0629. The first-order valence-corrected chi connectivity index (χ1v) is 9.31. The second-order valence-electron chi connectivity index (χ2n) is 6.98. The molecule has 0 aliphatic rings. The molecule has 31 heavy (non-hydrogen) atoms. The third-order valence-corrected chi connectivity index (χ3v) is 4.69. The highest BCUT2D eigenvalue weighted by Gasteiger charge is 2.37. The van der Waals surface area contributed by atoms with Crippen molar-refractivity contribution < 1.29 is 22.7 Å². The van der Waals surface area contributed by atoms with Crippen LogP contribution in [0.5, 0.6) is 0 Å². The Labute approximate surface area is 174 Å². The lowest BCUT2D eigenvalue weighted by Gasteiger charge is -2.12. The minimum atomic E-state index is -4.69. The van der Waals surface area contributed by atoms with Crippen molar-refractivity contribution in [2.45, 2.75) is 32.0 Å². The van der Waals surface area contributed by atoms with Gasteiger partial charge >= 0.3 is 6.18 Å². The molecule has 1 N–H and O–H groups in total. The highest BCUT2D eigenvalue weighted by molar-refractivity contribution is 5.79. The molecule has 0 fully saturated rings. The number of nitriles is 1. The van der Waals surface area contributed by atoms with Crippen LogP contribution in [0.25, 0.3) is 28.2 Å². The van der Waals surface area contributed by atoms with Gasteiger partial charge < -0.3 is 13.9 Å². The number of aliphatic hydroxyl groups is 1. The van der Waals surface area contributed by atoms with Gasteiger partial charge in [0.25, 0.3) is 0 Å². The lowest BCUT2D eigenvalue weighted by Crippen LogP contribution is -2.28. The molecular weight excluding hydrogens is 411 g/mol. The summed E-state index contributed by atoms with van der Waals surface area (Å²) in [6.07, 6.45) is -2.79. The van der Waals surface area contributed by atoms with Crippen LogP contribution in [0.2, 0.25) is 0 Å². The van der Waals surface area contributed by atoms with E-state index in [2.05, 4.69) is 15.0 Å². The van der Waals surface area contributed by atoms with Crippen LogP contribution in [0.4, 0.5) is 13.2 Å². The lowest BCUT2D eigenvalue weighted by molar-refractivity contribution is -0.205. The molecule has 0 aromatic carbocycles. The highest BCUT2D eigenvalue weighted by Crippen LogP contribution is 2.32. The Morgan fingerprint density at radius 1 is 1.26 bits per heavy atom. The summed E-state index contributed by atoms with van der Waals surface area (Å²) in [7, 11) is 0. The first-order chi connectivity index (χ1) is 14.7. The van der Waals surface area contributed by atoms with E-state index >= 15 is 0 Å². The number of pyridine rings is 2. The zero-order chi connectivity index (χ0) is 22.2. The molecule has 0 amide bonds. The fourth-order valence-corrected chi connectivity index (χ4v) is 3.17. The number of aromatic nitrogens is 4. The molecule has 0 bridgehead atoms. The maximum absolute atomic E-state index is 12.5. The predicted octanol–water partition coefficient (Wildman–Crippen LogP) is 4.09. The molecule has 7 nitrogen and oxygen atoms in total. The van der Waals surface area contributed by atoms with Gasteiger partial charge in [0.15, 0.2) is 11.7 Å². The minimum Gasteiger partial charge on any atom is -0.441 e. The van der Waals surface area contributed by atoms with Gasteiger partial charge in [-0.05, 0) is 37.6 Å². The number of aliphatic hydroxyl groups excluding tert-OH is 1. The van der Waals surface area contributed by atoms with E-state index in [1.165, 1.54) is 12.3 Å². The third-order valence-electron chi connectivity index (χ3n) is 4.69. The monoisotopic (exact) mass is 427 g/mol. The molecule has 0 saturated heterocycles. The Hall–Kier alpha value is -3.71. The van der Waals surface area contributed by atoms with Crippen molar-refractivity contribution >= 4 is 5.65 Å². The van der Waals surface area contributed by atoms with Crippen molar-refractivity contribution in [2.24, 2.45) is 0 Å². The van der Waals surface area contributed by atoms with E-state index in [-0.39, 0.29) is 18.0 Å². The van der Waals surface area contributed by atoms with Gasteiger partial charge in [0.1, 0.15) is 23.5 Å². The van der Waals surface area contributed by atoms with E-state index in [0.29, 0.717) is 28.2 Å². The van der Waals surface area contributed by atoms with E-state index < -0.39 is 18.7 Å². The molecular formula is C21H16F3N5O2. The summed E-state index contributed by atoms with van der Waals surface area (Å²) in [6.45, 7) is 1.87. The third kappa shape index (κ3) is 4.27. The van der Waals surface area contributed by atoms with E-state index in [1.54, 1.807) is 6.07 Å². The van der Waals surface area contributed by atoms with E-state index in [9.17, 15) is 18.4 Å². The molecule has 158 valence electrons. The Bertz CT molecular complexity index is 1290. The van der Waals surface area contributed by atoms with Crippen LogP contribution < -0.4 is 0 Å². The van der Waals surface area contributed by atoms with Gasteiger partial charge in [-0.3, -0.25) is 0 Å². The molecule has 4 rings (SSSR count). The maximum atomic E-state index is 12.5. The predicted molar refractivity (Wildman–Crippen MR) is 104 cm³/mol. The van der Waals surface area contributed by atoms with Crippen LogP contribution in [0.1, 0.15) is 23.7 Å². The number of halogens is 3. The summed E-state index contributed by atoms with van der Waals surface area (Å²) in [4.78, 5) is 12.8. The number of fused-ring (bicyclic) bond motifs is 1. The molecule has 1 atom stereocenters. The Balaban J connectivity index is 1.69. The number of oxazole rings is 1. The molecule has 1 unspecified atom stereocenters. The molecule has 0 aliphatic carbocycles. The van der Waals surface area contributed by atoms with E-state index in [0.717, 1.165) is 5.69 Å². The smallest absolute Gasteiger partial charge is 0.414 e. The van der Waals surface area contributed by atoms with Gasteiger partial charge in [0.05, 0.1) is 17.6 Å². The normalized spacial score (nSPS) is 12.8. The first-order valence-electron chi connectivity index (χ1n) is 9.31. The van der Waals surface area contributed by atoms with Crippen molar-refractivity contribution in [3.05, 3.63) is 60.1 Å².